The average molecular weight is 493 g/mol. The van der Waals surface area contributed by atoms with E-state index in [2.05, 4.69) is 20.8 Å². The largest absolute Gasteiger partial charge is 0.480 e. The zero-order chi connectivity index (χ0) is 26.3. The van der Waals surface area contributed by atoms with Crippen LogP contribution in [0.25, 0.3) is 0 Å². The predicted octanol–water partition coefficient (Wildman–Crippen LogP) is 7.54. The number of carbonyl (C=O) groups is 2. The van der Waals surface area contributed by atoms with Crippen LogP contribution in [0.5, 0.6) is 0 Å². The molecule has 2 aromatic carbocycles. The van der Waals surface area contributed by atoms with Crippen molar-refractivity contribution in [3.8, 4) is 0 Å². The summed E-state index contributed by atoms with van der Waals surface area (Å²) in [5.74, 6) is -2.80. The van der Waals surface area contributed by atoms with Gasteiger partial charge in [0.15, 0.2) is 5.41 Å². The zero-order valence-corrected chi connectivity index (χ0v) is 21.7. The van der Waals surface area contributed by atoms with Crippen molar-refractivity contribution in [1.82, 2.24) is 0 Å². The summed E-state index contributed by atoms with van der Waals surface area (Å²) in [5.41, 5.74) is 0.123. The molecule has 0 radical (unpaired) electrons. The van der Waals surface area contributed by atoms with E-state index in [1.807, 2.05) is 31.2 Å². The molecule has 4 nitrogen and oxygen atoms in total. The van der Waals surface area contributed by atoms with Crippen LogP contribution in [0.2, 0.25) is 0 Å². The van der Waals surface area contributed by atoms with E-state index >= 15 is 4.39 Å². The van der Waals surface area contributed by atoms with Crippen LogP contribution in [0.15, 0.2) is 72.6 Å². The lowest BCUT2D eigenvalue weighted by atomic mass is 9.72. The second-order valence-corrected chi connectivity index (χ2v) is 9.68. The van der Waals surface area contributed by atoms with Crippen molar-refractivity contribution in [3.63, 3.8) is 0 Å². The van der Waals surface area contributed by atoms with Gasteiger partial charge in [0.05, 0.1) is 11.7 Å². The summed E-state index contributed by atoms with van der Waals surface area (Å²) in [6.07, 6.45) is 8.77. The lowest BCUT2D eigenvalue weighted by Crippen LogP contribution is -2.38. The summed E-state index contributed by atoms with van der Waals surface area (Å²) in [7, 11) is 0. The van der Waals surface area contributed by atoms with Gasteiger partial charge in [-0.05, 0) is 54.5 Å². The maximum absolute atomic E-state index is 15.8. The van der Waals surface area contributed by atoms with Gasteiger partial charge >= 0.3 is 11.9 Å². The SMILES string of the molecule is CCCc1ccc(C2C=CC(C(=O)O)(c3ccccc3C(=O)OC(C)CC(CC)CC)C(F)=C2)cc1. The summed E-state index contributed by atoms with van der Waals surface area (Å²) < 4.78 is 21.5. The van der Waals surface area contributed by atoms with E-state index in [0.717, 1.165) is 37.7 Å². The first-order valence-corrected chi connectivity index (χ1v) is 13.0. The van der Waals surface area contributed by atoms with Gasteiger partial charge < -0.3 is 9.84 Å². The van der Waals surface area contributed by atoms with Crippen molar-refractivity contribution in [2.75, 3.05) is 0 Å². The minimum Gasteiger partial charge on any atom is -0.480 e. The molecule has 3 atom stereocenters. The number of allylic oxidation sites excluding steroid dienone is 2. The van der Waals surface area contributed by atoms with Gasteiger partial charge in [0.2, 0.25) is 0 Å². The fourth-order valence-electron chi connectivity index (χ4n) is 4.97. The zero-order valence-electron chi connectivity index (χ0n) is 21.7. The molecule has 0 spiro atoms. The van der Waals surface area contributed by atoms with Crippen molar-refractivity contribution in [2.45, 2.75) is 77.2 Å². The number of aliphatic carboxylic acids is 1. The molecule has 0 aliphatic heterocycles. The maximum Gasteiger partial charge on any atom is 0.338 e. The molecular formula is C31H37FO4. The predicted molar refractivity (Wildman–Crippen MR) is 141 cm³/mol. The Hall–Kier alpha value is -3.21. The number of hydrogen-bond donors (Lipinski definition) is 1. The van der Waals surface area contributed by atoms with E-state index in [4.69, 9.17) is 4.74 Å². The van der Waals surface area contributed by atoms with Crippen molar-refractivity contribution < 1.29 is 23.8 Å². The third kappa shape index (κ3) is 5.77. The van der Waals surface area contributed by atoms with E-state index in [1.54, 1.807) is 18.2 Å². The Labute approximate surface area is 213 Å². The molecule has 0 fully saturated rings. The van der Waals surface area contributed by atoms with Crippen LogP contribution in [0, 0.1) is 5.92 Å². The highest BCUT2D eigenvalue weighted by Crippen LogP contribution is 2.43. The second kappa shape index (κ2) is 12.2. The average Bonchev–Trinajstić information content (AvgIpc) is 2.87. The molecule has 2 aromatic rings. The minimum absolute atomic E-state index is 0.0619. The van der Waals surface area contributed by atoms with Crippen LogP contribution >= 0.6 is 0 Å². The number of halogens is 1. The van der Waals surface area contributed by atoms with E-state index in [0.29, 0.717) is 5.92 Å². The van der Waals surface area contributed by atoms with Crippen LogP contribution in [0.3, 0.4) is 0 Å². The number of carboxylic acid groups (broad SMARTS) is 1. The highest BCUT2D eigenvalue weighted by Gasteiger charge is 2.47. The van der Waals surface area contributed by atoms with E-state index < -0.39 is 29.1 Å². The molecule has 0 bridgehead atoms. The Balaban J connectivity index is 1.92. The van der Waals surface area contributed by atoms with E-state index in [9.17, 15) is 14.7 Å². The highest BCUT2D eigenvalue weighted by molar-refractivity contribution is 5.97. The van der Waals surface area contributed by atoms with Crippen molar-refractivity contribution >= 4 is 11.9 Å². The number of carbonyl (C=O) groups excluding carboxylic acids is 1. The molecule has 3 rings (SSSR count). The maximum atomic E-state index is 15.8. The Kier molecular flexibility index (Phi) is 9.25. The number of aryl methyl sites for hydroxylation is 1. The Morgan fingerprint density at radius 3 is 2.31 bits per heavy atom. The Morgan fingerprint density at radius 2 is 1.72 bits per heavy atom. The fraction of sp³-hybridized carbons (Fsp3) is 0.419. The molecule has 0 saturated heterocycles. The summed E-state index contributed by atoms with van der Waals surface area (Å²) >= 11 is 0. The second-order valence-electron chi connectivity index (χ2n) is 9.68. The van der Waals surface area contributed by atoms with Gasteiger partial charge in [-0.1, -0.05) is 94.7 Å². The van der Waals surface area contributed by atoms with Crippen molar-refractivity contribution in [1.29, 1.82) is 0 Å². The Bertz CT molecular complexity index is 1110. The van der Waals surface area contributed by atoms with E-state index in [1.165, 1.54) is 29.8 Å². The van der Waals surface area contributed by atoms with Gasteiger partial charge in [-0.15, -0.1) is 0 Å². The van der Waals surface area contributed by atoms with Crippen LogP contribution in [0.1, 0.15) is 86.3 Å². The molecular weight excluding hydrogens is 455 g/mol. The molecule has 36 heavy (non-hydrogen) atoms. The third-order valence-electron chi connectivity index (χ3n) is 7.20. The van der Waals surface area contributed by atoms with Crippen LogP contribution < -0.4 is 0 Å². The van der Waals surface area contributed by atoms with Crippen LogP contribution in [-0.2, 0) is 21.4 Å². The molecule has 0 saturated carbocycles. The third-order valence-corrected chi connectivity index (χ3v) is 7.20. The van der Waals surface area contributed by atoms with Gasteiger partial charge in [0, 0.05) is 5.92 Å². The fourth-order valence-corrected chi connectivity index (χ4v) is 4.97. The number of rotatable bonds is 11. The topological polar surface area (TPSA) is 63.6 Å². The van der Waals surface area contributed by atoms with Crippen molar-refractivity contribution in [2.24, 2.45) is 5.92 Å². The molecule has 5 heteroatoms. The first-order valence-electron chi connectivity index (χ1n) is 13.0. The quantitative estimate of drug-likeness (QED) is 0.260. The smallest absolute Gasteiger partial charge is 0.338 e. The minimum atomic E-state index is -2.09. The van der Waals surface area contributed by atoms with Crippen molar-refractivity contribution in [3.05, 3.63) is 94.8 Å². The summed E-state index contributed by atoms with van der Waals surface area (Å²) in [5, 5.41) is 10.3. The number of hydrogen-bond acceptors (Lipinski definition) is 3. The first-order chi connectivity index (χ1) is 17.3. The standard InChI is InChI=1S/C31H37FO4/c1-5-10-23-13-15-24(16-14-23)25-17-18-31(30(34)35,28(32)20-25)27-12-9-8-11-26(27)29(33)36-21(4)19-22(6-2)7-3/h8-9,11-18,20-22,25H,5-7,10,19H2,1-4H3,(H,34,35). The molecule has 0 amide bonds. The number of carboxylic acids is 1. The normalized spacial score (nSPS) is 20.2. The van der Waals surface area contributed by atoms with Gasteiger partial charge in [0.1, 0.15) is 5.83 Å². The van der Waals surface area contributed by atoms with Gasteiger partial charge in [-0.3, -0.25) is 4.79 Å². The van der Waals surface area contributed by atoms with Gasteiger partial charge in [-0.25, -0.2) is 9.18 Å². The molecule has 192 valence electrons. The molecule has 1 aliphatic rings. The summed E-state index contributed by atoms with van der Waals surface area (Å²) in [6, 6.07) is 14.2. The Morgan fingerprint density at radius 1 is 1.06 bits per heavy atom. The lowest BCUT2D eigenvalue weighted by molar-refractivity contribution is -0.141. The summed E-state index contributed by atoms with van der Waals surface area (Å²) in [4.78, 5) is 25.7. The van der Waals surface area contributed by atoms with Crippen LogP contribution in [-0.4, -0.2) is 23.1 Å². The lowest BCUT2D eigenvalue weighted by Gasteiger charge is -2.31. The highest BCUT2D eigenvalue weighted by atomic mass is 19.1. The van der Waals surface area contributed by atoms with Gasteiger partial charge in [0.25, 0.3) is 0 Å². The van der Waals surface area contributed by atoms with Gasteiger partial charge in [-0.2, -0.15) is 0 Å². The molecule has 1 N–H and O–H groups in total. The molecule has 0 heterocycles. The van der Waals surface area contributed by atoms with Crippen LogP contribution in [0.4, 0.5) is 4.39 Å². The summed E-state index contributed by atoms with van der Waals surface area (Å²) in [6.45, 7) is 8.16. The molecule has 1 aliphatic carbocycles. The number of ether oxygens (including phenoxy) is 1. The number of benzene rings is 2. The monoisotopic (exact) mass is 492 g/mol. The molecule has 0 aromatic heterocycles. The first kappa shape index (κ1) is 27.4. The van der Waals surface area contributed by atoms with E-state index in [-0.39, 0.29) is 17.2 Å². The number of esters is 1. The molecule has 3 unspecified atom stereocenters.